The average molecular weight is 359 g/mol. The molecule has 2 N–H and O–H groups in total. The van der Waals surface area contributed by atoms with Crippen molar-refractivity contribution in [3.8, 4) is 11.5 Å². The molecule has 1 fully saturated rings. The number of carbonyl (C=O) groups excluding carboxylic acids is 1. The summed E-state index contributed by atoms with van der Waals surface area (Å²) in [6.07, 6.45) is 2.84. The zero-order valence-electron chi connectivity index (χ0n) is 14.3. The van der Waals surface area contributed by atoms with Gasteiger partial charge < -0.3 is 24.8 Å². The maximum absolute atomic E-state index is 12.6. The van der Waals surface area contributed by atoms with Crippen molar-refractivity contribution in [1.29, 1.82) is 0 Å². The molecule has 1 aliphatic rings. The summed E-state index contributed by atoms with van der Waals surface area (Å²) in [6, 6.07) is 5.26. The van der Waals surface area contributed by atoms with E-state index in [1.54, 1.807) is 32.4 Å². The molecule has 1 aromatic rings. The van der Waals surface area contributed by atoms with Crippen molar-refractivity contribution in [3.63, 3.8) is 0 Å². The van der Waals surface area contributed by atoms with E-state index in [4.69, 9.17) is 19.9 Å². The number of likely N-dealkylation sites (tertiary alicyclic amines) is 1. The predicted molar refractivity (Wildman–Crippen MR) is 95.3 cm³/mol. The maximum atomic E-state index is 12.6. The molecule has 0 unspecified atom stereocenters. The number of carbonyl (C=O) groups is 1. The molecule has 0 aliphatic carbocycles. The van der Waals surface area contributed by atoms with Gasteiger partial charge in [-0.2, -0.15) is 0 Å². The van der Waals surface area contributed by atoms with Gasteiger partial charge in [-0.25, -0.2) is 0 Å². The van der Waals surface area contributed by atoms with Gasteiger partial charge >= 0.3 is 0 Å². The Hall–Kier alpha value is -1.50. The topological polar surface area (TPSA) is 74.0 Å². The fourth-order valence-corrected chi connectivity index (χ4v) is 2.71. The van der Waals surface area contributed by atoms with Crippen molar-refractivity contribution in [2.45, 2.75) is 25.4 Å². The van der Waals surface area contributed by atoms with Crippen LogP contribution in [0.4, 0.5) is 0 Å². The van der Waals surface area contributed by atoms with Gasteiger partial charge in [0.25, 0.3) is 5.91 Å². The van der Waals surface area contributed by atoms with E-state index < -0.39 is 0 Å². The molecule has 136 valence electrons. The fourth-order valence-electron chi connectivity index (χ4n) is 2.71. The fraction of sp³-hybridized carbons (Fsp3) is 0.588. The molecule has 2 rings (SSSR count). The third-order valence-electron chi connectivity index (χ3n) is 4.06. The number of piperidine rings is 1. The third-order valence-corrected chi connectivity index (χ3v) is 4.06. The number of hydrogen-bond acceptors (Lipinski definition) is 5. The van der Waals surface area contributed by atoms with Crippen LogP contribution in [0.1, 0.15) is 29.6 Å². The lowest BCUT2D eigenvalue weighted by Crippen LogP contribution is -2.41. The number of rotatable bonds is 7. The summed E-state index contributed by atoms with van der Waals surface area (Å²) in [5.41, 5.74) is 6.08. The number of benzene rings is 1. The summed E-state index contributed by atoms with van der Waals surface area (Å²) >= 11 is 0. The zero-order valence-corrected chi connectivity index (χ0v) is 15.1. The van der Waals surface area contributed by atoms with Gasteiger partial charge in [0, 0.05) is 25.3 Å². The summed E-state index contributed by atoms with van der Waals surface area (Å²) in [5.74, 6) is 1.21. The number of halogens is 1. The van der Waals surface area contributed by atoms with E-state index in [0.29, 0.717) is 43.3 Å². The third kappa shape index (κ3) is 5.26. The molecule has 1 heterocycles. The van der Waals surface area contributed by atoms with Crippen LogP contribution in [0.3, 0.4) is 0 Å². The van der Waals surface area contributed by atoms with Crippen molar-refractivity contribution in [3.05, 3.63) is 23.8 Å². The van der Waals surface area contributed by atoms with Crippen molar-refractivity contribution >= 4 is 18.3 Å². The molecular formula is C17H27ClN2O4. The molecule has 0 spiro atoms. The molecule has 24 heavy (non-hydrogen) atoms. The minimum Gasteiger partial charge on any atom is -0.493 e. The Morgan fingerprint density at radius 3 is 2.46 bits per heavy atom. The normalized spacial score (nSPS) is 14.9. The van der Waals surface area contributed by atoms with Crippen LogP contribution in [0.5, 0.6) is 11.5 Å². The monoisotopic (exact) mass is 358 g/mol. The van der Waals surface area contributed by atoms with E-state index >= 15 is 0 Å². The molecule has 6 nitrogen and oxygen atoms in total. The minimum absolute atomic E-state index is 0. The summed E-state index contributed by atoms with van der Waals surface area (Å²) < 4.78 is 16.2. The molecule has 7 heteroatoms. The smallest absolute Gasteiger partial charge is 0.253 e. The second-order valence-corrected chi connectivity index (χ2v) is 5.57. The molecule has 0 radical (unpaired) electrons. The second-order valence-electron chi connectivity index (χ2n) is 5.57. The molecule has 1 aliphatic heterocycles. The molecular weight excluding hydrogens is 332 g/mol. The number of ether oxygens (including phenoxy) is 3. The Kier molecular flexibility index (Phi) is 8.89. The zero-order chi connectivity index (χ0) is 16.7. The van der Waals surface area contributed by atoms with Crippen LogP contribution in [-0.2, 0) is 4.74 Å². The van der Waals surface area contributed by atoms with Crippen molar-refractivity contribution in [1.82, 2.24) is 4.90 Å². The maximum Gasteiger partial charge on any atom is 0.253 e. The number of hydrogen-bond donors (Lipinski definition) is 1. The molecule has 0 bridgehead atoms. The lowest BCUT2D eigenvalue weighted by molar-refractivity contribution is 0.00844. The highest BCUT2D eigenvalue weighted by atomic mass is 35.5. The van der Waals surface area contributed by atoms with Crippen LogP contribution in [0.2, 0.25) is 0 Å². The van der Waals surface area contributed by atoms with Crippen LogP contribution in [-0.4, -0.2) is 57.4 Å². The first-order valence-electron chi connectivity index (χ1n) is 8.02. The van der Waals surface area contributed by atoms with Crippen LogP contribution in [0.25, 0.3) is 0 Å². The Balaban J connectivity index is 0.00000288. The van der Waals surface area contributed by atoms with E-state index in [9.17, 15) is 4.79 Å². The van der Waals surface area contributed by atoms with Crippen molar-refractivity contribution in [2.24, 2.45) is 5.73 Å². The second kappa shape index (κ2) is 10.4. The Morgan fingerprint density at radius 2 is 1.88 bits per heavy atom. The van der Waals surface area contributed by atoms with Crippen molar-refractivity contribution in [2.75, 3.05) is 40.5 Å². The van der Waals surface area contributed by atoms with Crippen molar-refractivity contribution < 1.29 is 19.0 Å². The van der Waals surface area contributed by atoms with Crippen LogP contribution in [0, 0.1) is 0 Å². The van der Waals surface area contributed by atoms with Gasteiger partial charge in [-0.15, -0.1) is 12.4 Å². The van der Waals surface area contributed by atoms with Gasteiger partial charge in [-0.05, 0) is 44.0 Å². The molecule has 1 amide bonds. The lowest BCUT2D eigenvalue weighted by atomic mass is 10.1. The van der Waals surface area contributed by atoms with E-state index in [0.717, 1.165) is 19.3 Å². The first-order valence-corrected chi connectivity index (χ1v) is 8.02. The van der Waals surface area contributed by atoms with Crippen LogP contribution < -0.4 is 15.2 Å². The average Bonchev–Trinajstić information content (AvgIpc) is 2.61. The quantitative estimate of drug-likeness (QED) is 0.755. The van der Waals surface area contributed by atoms with Crippen LogP contribution in [0.15, 0.2) is 18.2 Å². The standard InChI is InChI=1S/C17H26N2O4.ClH/c1-21-15-5-4-13(12-16(15)22-2)17(20)19-9-6-14(7-10-19)23-11-3-8-18;/h4-5,12,14H,3,6-11,18H2,1-2H3;1H. The first kappa shape index (κ1) is 20.5. The molecule has 0 aromatic heterocycles. The molecule has 0 atom stereocenters. The minimum atomic E-state index is 0. The van der Waals surface area contributed by atoms with Gasteiger partial charge in [-0.3, -0.25) is 4.79 Å². The molecule has 1 saturated heterocycles. The highest BCUT2D eigenvalue weighted by molar-refractivity contribution is 5.95. The van der Waals surface area contributed by atoms with Gasteiger partial charge in [0.15, 0.2) is 11.5 Å². The SMILES string of the molecule is COc1ccc(C(=O)N2CCC(OCCCN)CC2)cc1OC.Cl. The number of nitrogens with two attached hydrogens (primary N) is 1. The van der Waals surface area contributed by atoms with E-state index in [1.807, 2.05) is 4.90 Å². The molecule has 1 aromatic carbocycles. The summed E-state index contributed by atoms with van der Waals surface area (Å²) in [7, 11) is 3.14. The molecule has 0 saturated carbocycles. The number of nitrogens with zero attached hydrogens (tertiary/aromatic N) is 1. The number of amides is 1. The Bertz CT molecular complexity index is 519. The summed E-state index contributed by atoms with van der Waals surface area (Å²) in [5, 5.41) is 0. The predicted octanol–water partition coefficient (Wildman–Crippen LogP) is 2.10. The van der Waals surface area contributed by atoms with Gasteiger partial charge in [-0.1, -0.05) is 0 Å². The van der Waals surface area contributed by atoms with Crippen LogP contribution >= 0.6 is 12.4 Å². The summed E-state index contributed by atoms with van der Waals surface area (Å²) in [4.78, 5) is 14.5. The van der Waals surface area contributed by atoms with Gasteiger partial charge in [0.2, 0.25) is 0 Å². The highest BCUT2D eigenvalue weighted by Gasteiger charge is 2.24. The largest absolute Gasteiger partial charge is 0.493 e. The summed E-state index contributed by atoms with van der Waals surface area (Å²) in [6.45, 7) is 2.77. The van der Waals surface area contributed by atoms with E-state index in [-0.39, 0.29) is 24.4 Å². The number of methoxy groups -OCH3 is 2. The highest BCUT2D eigenvalue weighted by Crippen LogP contribution is 2.28. The lowest BCUT2D eigenvalue weighted by Gasteiger charge is -2.32. The first-order chi connectivity index (χ1) is 11.2. The van der Waals surface area contributed by atoms with E-state index in [1.165, 1.54) is 0 Å². The van der Waals surface area contributed by atoms with E-state index in [2.05, 4.69) is 0 Å². The Morgan fingerprint density at radius 1 is 1.21 bits per heavy atom. The Labute approximate surface area is 149 Å². The van der Waals surface area contributed by atoms with Gasteiger partial charge in [0.05, 0.1) is 20.3 Å². The van der Waals surface area contributed by atoms with Gasteiger partial charge in [0.1, 0.15) is 0 Å².